The highest BCUT2D eigenvalue weighted by Gasteiger charge is 2.26. The maximum atomic E-state index is 14.2. The van der Waals surface area contributed by atoms with Crippen LogP contribution in [0.15, 0.2) is 42.5 Å². The summed E-state index contributed by atoms with van der Waals surface area (Å²) in [6, 6.07) is 11.3. The van der Waals surface area contributed by atoms with Gasteiger partial charge in [0.15, 0.2) is 0 Å². The molecule has 0 radical (unpaired) electrons. The number of carboxylic acids is 1. The molecule has 0 unspecified atom stereocenters. The molecule has 11 heteroatoms. The first-order valence-corrected chi connectivity index (χ1v) is 13.4. The maximum absolute atomic E-state index is 14.2. The molecule has 6 rings (SSSR count). The van der Waals surface area contributed by atoms with Crippen molar-refractivity contribution >= 4 is 40.2 Å². The molecule has 1 saturated heterocycles. The first kappa shape index (κ1) is 26.0. The number of nitrogens with zero attached hydrogens (tertiary/aromatic N) is 4. The monoisotopic (exact) mass is 570 g/mol. The van der Waals surface area contributed by atoms with Crippen LogP contribution in [0.1, 0.15) is 39.4 Å². The minimum Gasteiger partial charge on any atom is -0.478 e. The number of pyridine rings is 1. The van der Waals surface area contributed by atoms with Crippen molar-refractivity contribution in [3.63, 3.8) is 0 Å². The lowest BCUT2D eigenvalue weighted by molar-refractivity contribution is -0.0592. The predicted molar refractivity (Wildman–Crippen MR) is 144 cm³/mol. The number of benzene rings is 2. The molecule has 1 fully saturated rings. The number of carboxylic acid groups (broad SMARTS) is 1. The third-order valence-corrected chi connectivity index (χ3v) is 7.69. The molecule has 4 aromatic rings. The van der Waals surface area contributed by atoms with E-state index in [0.717, 1.165) is 54.1 Å². The van der Waals surface area contributed by atoms with E-state index >= 15 is 0 Å². The number of halogens is 3. The largest absolute Gasteiger partial charge is 0.478 e. The van der Waals surface area contributed by atoms with Gasteiger partial charge in [-0.2, -0.15) is 0 Å². The van der Waals surface area contributed by atoms with Gasteiger partial charge >= 0.3 is 5.97 Å². The zero-order chi connectivity index (χ0) is 27.1. The molecule has 0 aliphatic carbocycles. The number of imidazole rings is 1. The van der Waals surface area contributed by atoms with Crippen LogP contribution in [0.3, 0.4) is 0 Å². The van der Waals surface area contributed by atoms with Crippen LogP contribution >= 0.6 is 23.2 Å². The minimum atomic E-state index is -0.972. The normalized spacial score (nSPS) is 17.2. The maximum Gasteiger partial charge on any atom is 0.335 e. The van der Waals surface area contributed by atoms with Crippen molar-refractivity contribution in [1.82, 2.24) is 19.4 Å². The highest BCUT2D eigenvalue weighted by molar-refractivity contribution is 6.32. The fraction of sp³-hybridized carbons (Fsp3) is 0.321. The third kappa shape index (κ3) is 5.45. The lowest BCUT2D eigenvalue weighted by Gasteiger charge is -2.30. The summed E-state index contributed by atoms with van der Waals surface area (Å²) in [6.45, 7) is 3.22. The predicted octanol–water partition coefficient (Wildman–Crippen LogP) is 5.50. The molecule has 2 aromatic carbocycles. The lowest BCUT2D eigenvalue weighted by atomic mass is 10.1. The molecule has 2 aromatic heterocycles. The summed E-state index contributed by atoms with van der Waals surface area (Å²) in [5.74, 6) is -0.328. The number of hydrogen-bond donors (Lipinski definition) is 1. The second-order valence-electron chi connectivity index (χ2n) is 9.79. The molecule has 0 saturated carbocycles. The van der Waals surface area contributed by atoms with Crippen LogP contribution in [0.4, 0.5) is 4.39 Å². The highest BCUT2D eigenvalue weighted by atomic mass is 35.5. The minimum absolute atomic E-state index is 0.0240. The van der Waals surface area contributed by atoms with Crippen molar-refractivity contribution in [2.45, 2.75) is 45.2 Å². The molecule has 0 bridgehead atoms. The zero-order valence-corrected chi connectivity index (χ0v) is 22.4. The third-order valence-electron chi connectivity index (χ3n) is 7.18. The Kier molecular flexibility index (Phi) is 7.16. The van der Waals surface area contributed by atoms with E-state index in [0.29, 0.717) is 35.2 Å². The number of aromatic nitrogens is 3. The van der Waals surface area contributed by atoms with Gasteiger partial charge in [-0.05, 0) is 54.8 Å². The summed E-state index contributed by atoms with van der Waals surface area (Å²) < 4.78 is 27.7. The smallest absolute Gasteiger partial charge is 0.335 e. The zero-order valence-electron chi connectivity index (χ0n) is 20.9. The first-order valence-electron chi connectivity index (χ1n) is 12.7. The van der Waals surface area contributed by atoms with Crippen molar-refractivity contribution < 1.29 is 23.8 Å². The van der Waals surface area contributed by atoms with E-state index in [1.54, 1.807) is 30.3 Å². The van der Waals surface area contributed by atoms with E-state index in [9.17, 15) is 14.3 Å². The topological polar surface area (TPSA) is 89.7 Å². The van der Waals surface area contributed by atoms with Crippen molar-refractivity contribution in [1.29, 1.82) is 0 Å². The number of aromatic carboxylic acids is 1. The molecule has 39 heavy (non-hydrogen) atoms. The molecule has 0 amide bonds. The summed E-state index contributed by atoms with van der Waals surface area (Å²) in [5, 5.41) is 10.2. The van der Waals surface area contributed by atoms with Crippen LogP contribution in [0.5, 0.6) is 5.88 Å². The molecule has 1 N–H and O–H groups in total. The van der Waals surface area contributed by atoms with Gasteiger partial charge in [0.05, 0.1) is 41.5 Å². The lowest BCUT2D eigenvalue weighted by Crippen LogP contribution is -2.34. The molecular formula is C28H25Cl2FN4O4. The Labute approximate surface area is 233 Å². The van der Waals surface area contributed by atoms with Crippen molar-refractivity contribution in [2.75, 3.05) is 13.2 Å². The SMILES string of the molecule is O=C(O)c1ccc2nc(CN3CCc4cc(Cl)c(OCc5ccc(Cl)cc5F)nc4C3)n(C[C@@H]3CCO3)c2c1. The van der Waals surface area contributed by atoms with Gasteiger partial charge in [0, 0.05) is 30.3 Å². The van der Waals surface area contributed by atoms with E-state index in [1.807, 2.05) is 6.07 Å². The summed E-state index contributed by atoms with van der Waals surface area (Å²) >= 11 is 12.3. The van der Waals surface area contributed by atoms with Gasteiger partial charge in [-0.25, -0.2) is 19.2 Å². The Morgan fingerprint density at radius 1 is 1.18 bits per heavy atom. The quantitative estimate of drug-likeness (QED) is 0.299. The van der Waals surface area contributed by atoms with Gasteiger partial charge in [0.2, 0.25) is 5.88 Å². The Morgan fingerprint density at radius 2 is 2.03 bits per heavy atom. The van der Waals surface area contributed by atoms with Gasteiger partial charge < -0.3 is 19.1 Å². The Bertz CT molecular complexity index is 1570. The Balaban J connectivity index is 1.22. The van der Waals surface area contributed by atoms with Crippen LogP contribution in [-0.2, 0) is 37.4 Å². The van der Waals surface area contributed by atoms with Crippen molar-refractivity contribution in [3.05, 3.63) is 86.5 Å². The van der Waals surface area contributed by atoms with Crippen LogP contribution < -0.4 is 4.74 Å². The Morgan fingerprint density at radius 3 is 2.77 bits per heavy atom. The number of fused-ring (bicyclic) bond motifs is 2. The molecule has 0 spiro atoms. The molecule has 2 aliphatic rings. The summed E-state index contributed by atoms with van der Waals surface area (Å²) in [7, 11) is 0. The molecule has 1 atom stereocenters. The van der Waals surface area contributed by atoms with Crippen LogP contribution in [0.2, 0.25) is 10.0 Å². The van der Waals surface area contributed by atoms with Gasteiger partial charge in [0.1, 0.15) is 23.3 Å². The fourth-order valence-corrected chi connectivity index (χ4v) is 5.34. The fourth-order valence-electron chi connectivity index (χ4n) is 4.95. The second-order valence-corrected chi connectivity index (χ2v) is 10.6. The average Bonchev–Trinajstić information content (AvgIpc) is 3.21. The number of ether oxygens (including phenoxy) is 2. The molecule has 2 aliphatic heterocycles. The summed E-state index contributed by atoms with van der Waals surface area (Å²) in [4.78, 5) is 23.3. The highest BCUT2D eigenvalue weighted by Crippen LogP contribution is 2.30. The Hall–Kier alpha value is -3.24. The number of rotatable bonds is 8. The van der Waals surface area contributed by atoms with Crippen LogP contribution in [0.25, 0.3) is 11.0 Å². The van der Waals surface area contributed by atoms with Gasteiger partial charge in [-0.15, -0.1) is 0 Å². The first-order chi connectivity index (χ1) is 18.8. The standard InChI is InChI=1S/C28H25Cl2FN4O4/c29-19-3-1-18(22(31)11-19)15-39-27-21(30)9-16-5-7-34(13-24(16)33-27)14-26-32-23-4-2-17(28(36)37)10-25(23)35(26)12-20-6-8-38-20/h1-4,9-11,20H,5-8,12-15H2,(H,36,37)/t20-/m0/s1. The van der Waals surface area contributed by atoms with Crippen molar-refractivity contribution in [2.24, 2.45) is 0 Å². The van der Waals surface area contributed by atoms with E-state index in [1.165, 1.54) is 6.07 Å². The molecule has 4 heterocycles. The number of hydrogen-bond acceptors (Lipinski definition) is 6. The summed E-state index contributed by atoms with van der Waals surface area (Å²) in [6.07, 6.45) is 1.80. The van der Waals surface area contributed by atoms with E-state index in [-0.39, 0.29) is 24.2 Å². The molecular weight excluding hydrogens is 546 g/mol. The van der Waals surface area contributed by atoms with Crippen LogP contribution in [-0.4, -0.2) is 49.8 Å². The number of carbonyl (C=O) groups is 1. The average molecular weight is 571 g/mol. The van der Waals surface area contributed by atoms with Crippen molar-refractivity contribution in [3.8, 4) is 5.88 Å². The van der Waals surface area contributed by atoms with Gasteiger partial charge in [0.25, 0.3) is 0 Å². The second kappa shape index (κ2) is 10.7. The van der Waals surface area contributed by atoms with E-state index in [2.05, 4.69) is 14.5 Å². The molecule has 8 nitrogen and oxygen atoms in total. The van der Waals surface area contributed by atoms with Crippen LogP contribution in [0, 0.1) is 5.82 Å². The van der Waals surface area contributed by atoms with Gasteiger partial charge in [-0.3, -0.25) is 4.90 Å². The molecule has 202 valence electrons. The van der Waals surface area contributed by atoms with Gasteiger partial charge in [-0.1, -0.05) is 29.3 Å². The summed E-state index contributed by atoms with van der Waals surface area (Å²) in [5.41, 5.74) is 4.01. The van der Waals surface area contributed by atoms with E-state index in [4.69, 9.17) is 37.7 Å². The van der Waals surface area contributed by atoms with E-state index < -0.39 is 11.8 Å².